The summed E-state index contributed by atoms with van der Waals surface area (Å²) in [7, 11) is 0. The van der Waals surface area contributed by atoms with Crippen LogP contribution in [0, 0.1) is 11.8 Å². The van der Waals surface area contributed by atoms with Crippen LogP contribution in [0.2, 0.25) is 0 Å². The zero-order valence-corrected chi connectivity index (χ0v) is 11.7. The van der Waals surface area contributed by atoms with Crippen molar-refractivity contribution in [2.24, 2.45) is 17.6 Å². The van der Waals surface area contributed by atoms with Crippen LogP contribution in [0.15, 0.2) is 18.3 Å². The maximum Gasteiger partial charge on any atom is 0.0605 e. The first-order valence-electron chi connectivity index (χ1n) is 7.45. The summed E-state index contributed by atoms with van der Waals surface area (Å²) in [6.45, 7) is 4.49. The average molecular weight is 246 g/mol. The number of hydrogen-bond acceptors (Lipinski definition) is 2. The van der Waals surface area contributed by atoms with Gasteiger partial charge in [0.25, 0.3) is 0 Å². The van der Waals surface area contributed by atoms with Crippen molar-refractivity contribution in [1.82, 2.24) is 4.98 Å². The maximum absolute atomic E-state index is 6.47. The van der Waals surface area contributed by atoms with Crippen molar-refractivity contribution < 1.29 is 0 Å². The third kappa shape index (κ3) is 2.92. The SMILES string of the molecule is CCc1cccnc1C(N)C1CCC(CC)CC1. The lowest BCUT2D eigenvalue weighted by Crippen LogP contribution is -2.27. The van der Waals surface area contributed by atoms with Gasteiger partial charge in [-0.15, -0.1) is 0 Å². The van der Waals surface area contributed by atoms with Gasteiger partial charge >= 0.3 is 0 Å². The highest BCUT2D eigenvalue weighted by Crippen LogP contribution is 2.37. The second-order valence-electron chi connectivity index (χ2n) is 5.62. The lowest BCUT2D eigenvalue weighted by molar-refractivity contribution is 0.237. The summed E-state index contributed by atoms with van der Waals surface area (Å²) in [5.74, 6) is 1.57. The predicted octanol–water partition coefficient (Wildman–Crippen LogP) is 3.86. The molecule has 0 bridgehead atoms. The van der Waals surface area contributed by atoms with E-state index in [2.05, 4.69) is 24.9 Å². The number of rotatable bonds is 4. The topological polar surface area (TPSA) is 38.9 Å². The first-order chi connectivity index (χ1) is 8.76. The van der Waals surface area contributed by atoms with E-state index >= 15 is 0 Å². The molecule has 2 nitrogen and oxygen atoms in total. The third-order valence-electron chi connectivity index (χ3n) is 4.60. The van der Waals surface area contributed by atoms with Crippen molar-refractivity contribution in [3.63, 3.8) is 0 Å². The second-order valence-corrected chi connectivity index (χ2v) is 5.62. The zero-order chi connectivity index (χ0) is 13.0. The van der Waals surface area contributed by atoms with Crippen LogP contribution in [0.4, 0.5) is 0 Å². The van der Waals surface area contributed by atoms with Gasteiger partial charge in [-0.2, -0.15) is 0 Å². The van der Waals surface area contributed by atoms with Crippen LogP contribution in [-0.4, -0.2) is 4.98 Å². The van der Waals surface area contributed by atoms with Gasteiger partial charge < -0.3 is 5.73 Å². The van der Waals surface area contributed by atoms with Crippen LogP contribution < -0.4 is 5.73 Å². The molecule has 0 aromatic carbocycles. The van der Waals surface area contributed by atoms with E-state index < -0.39 is 0 Å². The normalized spacial score (nSPS) is 25.9. The molecule has 18 heavy (non-hydrogen) atoms. The molecule has 1 aliphatic rings. The molecule has 1 unspecified atom stereocenters. The highest BCUT2D eigenvalue weighted by molar-refractivity contribution is 5.23. The van der Waals surface area contributed by atoms with E-state index in [0.717, 1.165) is 18.0 Å². The van der Waals surface area contributed by atoms with E-state index in [1.807, 2.05) is 12.3 Å². The Balaban J connectivity index is 2.05. The minimum atomic E-state index is 0.138. The molecule has 1 aromatic rings. The van der Waals surface area contributed by atoms with E-state index in [9.17, 15) is 0 Å². The molecule has 1 atom stereocenters. The Morgan fingerprint density at radius 1 is 1.28 bits per heavy atom. The summed E-state index contributed by atoms with van der Waals surface area (Å²) >= 11 is 0. The molecular weight excluding hydrogens is 220 g/mol. The van der Waals surface area contributed by atoms with Gasteiger partial charge in [-0.25, -0.2) is 0 Å². The van der Waals surface area contributed by atoms with Gasteiger partial charge in [0.1, 0.15) is 0 Å². The molecule has 100 valence electrons. The van der Waals surface area contributed by atoms with Crippen molar-refractivity contribution in [1.29, 1.82) is 0 Å². The molecule has 0 radical (unpaired) electrons. The zero-order valence-electron chi connectivity index (χ0n) is 11.7. The van der Waals surface area contributed by atoms with Gasteiger partial charge in [-0.1, -0.05) is 39.2 Å². The van der Waals surface area contributed by atoms with E-state index in [0.29, 0.717) is 5.92 Å². The summed E-state index contributed by atoms with van der Waals surface area (Å²) in [4.78, 5) is 4.54. The Bertz CT molecular complexity index is 367. The van der Waals surface area contributed by atoms with E-state index in [1.54, 1.807) is 0 Å². The highest BCUT2D eigenvalue weighted by Gasteiger charge is 2.27. The minimum absolute atomic E-state index is 0.138. The Kier molecular flexibility index (Phi) is 4.76. The van der Waals surface area contributed by atoms with E-state index in [4.69, 9.17) is 5.73 Å². The fourth-order valence-corrected chi connectivity index (χ4v) is 3.23. The third-order valence-corrected chi connectivity index (χ3v) is 4.60. The van der Waals surface area contributed by atoms with Crippen LogP contribution in [0.3, 0.4) is 0 Å². The van der Waals surface area contributed by atoms with Crippen molar-refractivity contribution in [3.8, 4) is 0 Å². The monoisotopic (exact) mass is 246 g/mol. The summed E-state index contributed by atoms with van der Waals surface area (Å²) in [6.07, 6.45) is 9.49. The molecule has 2 rings (SSSR count). The highest BCUT2D eigenvalue weighted by atomic mass is 14.8. The van der Waals surface area contributed by atoms with Crippen molar-refractivity contribution in [2.75, 3.05) is 0 Å². The van der Waals surface area contributed by atoms with Gasteiger partial charge in [-0.05, 0) is 42.7 Å². The maximum atomic E-state index is 6.47. The molecule has 1 aliphatic carbocycles. The fourth-order valence-electron chi connectivity index (χ4n) is 3.23. The molecule has 1 aromatic heterocycles. The molecule has 0 saturated heterocycles. The van der Waals surface area contributed by atoms with Crippen LogP contribution in [0.25, 0.3) is 0 Å². The van der Waals surface area contributed by atoms with Crippen LogP contribution in [0.5, 0.6) is 0 Å². The Morgan fingerprint density at radius 3 is 2.61 bits per heavy atom. The number of pyridine rings is 1. The van der Waals surface area contributed by atoms with Gasteiger partial charge in [0.15, 0.2) is 0 Å². The summed E-state index contributed by atoms with van der Waals surface area (Å²) < 4.78 is 0. The number of aryl methyl sites for hydroxylation is 1. The van der Waals surface area contributed by atoms with E-state index in [1.165, 1.54) is 37.7 Å². The molecule has 2 heteroatoms. The molecule has 1 saturated carbocycles. The van der Waals surface area contributed by atoms with Gasteiger partial charge in [0, 0.05) is 6.20 Å². The van der Waals surface area contributed by atoms with Crippen molar-refractivity contribution in [3.05, 3.63) is 29.6 Å². The Morgan fingerprint density at radius 2 is 2.00 bits per heavy atom. The first-order valence-corrected chi connectivity index (χ1v) is 7.45. The smallest absolute Gasteiger partial charge is 0.0605 e. The summed E-state index contributed by atoms with van der Waals surface area (Å²) in [5.41, 5.74) is 8.93. The molecule has 0 aliphatic heterocycles. The number of hydrogen-bond donors (Lipinski definition) is 1. The van der Waals surface area contributed by atoms with Crippen LogP contribution in [-0.2, 0) is 6.42 Å². The number of aromatic nitrogens is 1. The Labute approximate surface area is 111 Å². The van der Waals surface area contributed by atoms with Crippen molar-refractivity contribution in [2.45, 2.75) is 58.4 Å². The predicted molar refractivity (Wildman–Crippen MR) is 76.3 cm³/mol. The quantitative estimate of drug-likeness (QED) is 0.876. The lowest BCUT2D eigenvalue weighted by Gasteiger charge is -2.32. The first kappa shape index (κ1) is 13.5. The lowest BCUT2D eigenvalue weighted by atomic mass is 9.76. The van der Waals surface area contributed by atoms with Gasteiger partial charge in [-0.3, -0.25) is 4.98 Å². The van der Waals surface area contributed by atoms with E-state index in [-0.39, 0.29) is 6.04 Å². The van der Waals surface area contributed by atoms with Crippen molar-refractivity contribution >= 4 is 0 Å². The molecular formula is C16H26N2. The number of nitrogens with zero attached hydrogens (tertiary/aromatic N) is 1. The molecule has 0 spiro atoms. The van der Waals surface area contributed by atoms with Crippen LogP contribution in [0.1, 0.15) is 63.3 Å². The molecule has 2 N–H and O–H groups in total. The second kappa shape index (κ2) is 6.33. The number of nitrogens with two attached hydrogens (primary N) is 1. The average Bonchev–Trinajstić information content (AvgIpc) is 2.46. The summed E-state index contributed by atoms with van der Waals surface area (Å²) in [6, 6.07) is 4.32. The molecule has 1 fully saturated rings. The summed E-state index contributed by atoms with van der Waals surface area (Å²) in [5, 5.41) is 0. The minimum Gasteiger partial charge on any atom is -0.322 e. The molecule has 1 heterocycles. The largest absolute Gasteiger partial charge is 0.322 e. The fraction of sp³-hybridized carbons (Fsp3) is 0.688. The standard InChI is InChI=1S/C16H26N2/c1-3-12-7-9-14(10-8-12)15(17)16-13(4-2)6-5-11-18-16/h5-6,11-12,14-15H,3-4,7-10,17H2,1-2H3. The van der Waals surface area contributed by atoms with Gasteiger partial charge in [0.2, 0.25) is 0 Å². The Hall–Kier alpha value is -0.890. The van der Waals surface area contributed by atoms with Crippen LogP contribution >= 0.6 is 0 Å². The molecule has 0 amide bonds. The van der Waals surface area contributed by atoms with Gasteiger partial charge in [0.05, 0.1) is 11.7 Å².